The zero-order valence-corrected chi connectivity index (χ0v) is 21.2. The lowest BCUT2D eigenvalue weighted by molar-refractivity contribution is -0.150. The Kier molecular flexibility index (Phi) is 8.59. The average molecular weight is 557 g/mol. The summed E-state index contributed by atoms with van der Waals surface area (Å²) in [7, 11) is 3.15. The molecule has 1 aromatic rings. The number of β-lactam (4-membered cyclic amide) rings is 1. The Labute approximate surface area is 216 Å². The molecule has 1 fully saturated rings. The Morgan fingerprint density at radius 1 is 1.39 bits per heavy atom. The van der Waals surface area contributed by atoms with Gasteiger partial charge in [-0.15, -0.1) is 23.1 Å². The molecular weight excluding hydrogens is 536 g/mol. The first-order valence-corrected chi connectivity index (χ1v) is 12.7. The van der Waals surface area contributed by atoms with Gasteiger partial charge in [-0.3, -0.25) is 19.3 Å². The van der Waals surface area contributed by atoms with Crippen LogP contribution in [0.3, 0.4) is 0 Å². The third kappa shape index (κ3) is 5.97. The smallest absolute Gasteiger partial charge is 0.353 e. The second kappa shape index (κ2) is 11.4. The average Bonchev–Trinajstić information content (AvgIpc) is 3.24. The van der Waals surface area contributed by atoms with Crippen LogP contribution >= 0.6 is 34.9 Å². The number of carbonyl (C=O) groups excluding carboxylic acids is 3. The van der Waals surface area contributed by atoms with Crippen LogP contribution in [0.2, 0.25) is 0 Å². The van der Waals surface area contributed by atoms with Crippen LogP contribution in [0.25, 0.3) is 0 Å². The number of nitrogens with one attached hydrogen (secondary N) is 1. The van der Waals surface area contributed by atoms with Gasteiger partial charge < -0.3 is 31.0 Å². The topological polar surface area (TPSA) is 205 Å². The van der Waals surface area contributed by atoms with Crippen LogP contribution in [0.5, 0.6) is 0 Å². The normalized spacial score (nSPS) is 19.6. The van der Waals surface area contributed by atoms with Gasteiger partial charge in [0.25, 0.3) is 11.8 Å². The van der Waals surface area contributed by atoms with E-state index < -0.39 is 47.5 Å². The Morgan fingerprint density at radius 3 is 2.69 bits per heavy atom. The van der Waals surface area contributed by atoms with Crippen molar-refractivity contribution in [2.24, 2.45) is 5.16 Å². The first-order chi connectivity index (χ1) is 17.0. The fourth-order valence-electron chi connectivity index (χ4n) is 2.97. The number of nitrogens with zero attached hydrogens (tertiary/aromatic N) is 4. The summed E-state index contributed by atoms with van der Waals surface area (Å²) in [6.07, 6.45) is 1.29. The van der Waals surface area contributed by atoms with Crippen molar-refractivity contribution in [2.75, 3.05) is 32.2 Å². The van der Waals surface area contributed by atoms with E-state index in [9.17, 15) is 29.1 Å². The number of thioether (sulfide) groups is 2. The summed E-state index contributed by atoms with van der Waals surface area (Å²) >= 11 is 3.26. The number of amides is 3. The SMILES string of the molecule is CN(C)C(=O)/C=C\SC1=C(C(=O)O)N2C(=O)[C@@H](NC(=O)/C(=N\OCC(=O)O)c3csc(N)n3)[C@H]2SC1. The maximum atomic E-state index is 12.9. The van der Waals surface area contributed by atoms with Gasteiger partial charge in [0.15, 0.2) is 10.8 Å². The number of nitrogens with two attached hydrogens (primary N) is 1. The van der Waals surface area contributed by atoms with Crippen LogP contribution in [0, 0.1) is 0 Å². The maximum absolute atomic E-state index is 12.9. The molecule has 3 heterocycles. The molecule has 36 heavy (non-hydrogen) atoms. The van der Waals surface area contributed by atoms with E-state index in [4.69, 9.17) is 10.8 Å². The highest BCUT2D eigenvalue weighted by atomic mass is 32.2. The van der Waals surface area contributed by atoms with E-state index in [0.717, 1.165) is 28.0 Å². The minimum Gasteiger partial charge on any atom is -0.479 e. The van der Waals surface area contributed by atoms with Crippen molar-refractivity contribution >= 4 is 75.4 Å². The highest BCUT2D eigenvalue weighted by Crippen LogP contribution is 2.43. The van der Waals surface area contributed by atoms with Crippen LogP contribution < -0.4 is 11.1 Å². The first kappa shape index (κ1) is 27.0. The fraction of sp³-hybridized carbons (Fsp3) is 0.316. The molecular formula is C19H20N6O8S3. The fourth-order valence-corrected chi connectivity index (χ4v) is 5.83. The van der Waals surface area contributed by atoms with E-state index in [2.05, 4.69) is 20.3 Å². The predicted molar refractivity (Wildman–Crippen MR) is 132 cm³/mol. The molecule has 0 radical (unpaired) electrons. The second-order valence-corrected chi connectivity index (χ2v) is 10.3. The molecule has 2 aliphatic heterocycles. The van der Waals surface area contributed by atoms with Gasteiger partial charge in [0.05, 0.1) is 0 Å². The van der Waals surface area contributed by atoms with Gasteiger partial charge in [-0.1, -0.05) is 16.9 Å². The molecule has 192 valence electrons. The van der Waals surface area contributed by atoms with Crippen molar-refractivity contribution in [1.82, 2.24) is 20.1 Å². The van der Waals surface area contributed by atoms with Crippen molar-refractivity contribution in [1.29, 1.82) is 0 Å². The van der Waals surface area contributed by atoms with Gasteiger partial charge in [-0.05, 0) is 5.41 Å². The molecule has 2 aliphatic rings. The van der Waals surface area contributed by atoms with Crippen molar-refractivity contribution < 1.29 is 39.0 Å². The molecule has 0 aliphatic carbocycles. The van der Waals surface area contributed by atoms with E-state index in [1.807, 2.05) is 0 Å². The number of aromatic nitrogens is 1. The number of hydrogen-bond acceptors (Lipinski definition) is 12. The number of rotatable bonds is 10. The number of carboxylic acids is 2. The third-order valence-electron chi connectivity index (χ3n) is 4.61. The van der Waals surface area contributed by atoms with E-state index >= 15 is 0 Å². The van der Waals surface area contributed by atoms with Crippen molar-refractivity contribution in [3.05, 3.63) is 33.2 Å². The minimum atomic E-state index is -1.32. The molecule has 2 atom stereocenters. The zero-order chi connectivity index (χ0) is 26.6. The largest absolute Gasteiger partial charge is 0.479 e. The van der Waals surface area contributed by atoms with E-state index in [1.165, 1.54) is 33.5 Å². The van der Waals surface area contributed by atoms with E-state index in [1.54, 1.807) is 14.1 Å². The van der Waals surface area contributed by atoms with Crippen molar-refractivity contribution in [2.45, 2.75) is 11.4 Å². The van der Waals surface area contributed by atoms with Crippen LogP contribution in [0.15, 0.2) is 32.6 Å². The molecule has 0 unspecified atom stereocenters. The lowest BCUT2D eigenvalue weighted by atomic mass is 10.0. The predicted octanol–water partition coefficient (Wildman–Crippen LogP) is -0.438. The van der Waals surface area contributed by atoms with Gasteiger partial charge in [0.1, 0.15) is 22.8 Å². The standard InChI is InChI=1S/C19H20N6O8S3/c1-24(2)10(26)3-4-34-9-7-35-17-13(16(30)25(17)14(9)18(31)32)22-15(29)12(23-33-5-11(27)28)8-6-36-19(20)21-8/h3-4,6,13,17H,5,7H2,1-2H3,(H2,20,21)(H,22,29)(H,27,28)(H,31,32)/b4-3-,23-12-/t13-,17-/m1/s1. The van der Waals surface area contributed by atoms with Gasteiger partial charge in [-0.25, -0.2) is 14.6 Å². The molecule has 3 amide bonds. The Bertz CT molecular complexity index is 1190. The molecule has 1 aromatic heterocycles. The third-order valence-corrected chi connectivity index (χ3v) is 7.64. The number of nitrogen functional groups attached to an aromatic ring is 1. The number of anilines is 1. The quantitative estimate of drug-likeness (QED) is 0.125. The Morgan fingerprint density at radius 2 is 2.11 bits per heavy atom. The summed E-state index contributed by atoms with van der Waals surface area (Å²) in [6.45, 7) is -0.813. The highest BCUT2D eigenvalue weighted by Gasteiger charge is 2.54. The van der Waals surface area contributed by atoms with E-state index in [-0.39, 0.29) is 28.2 Å². The molecule has 0 saturated carbocycles. The monoisotopic (exact) mass is 556 g/mol. The number of carbonyl (C=O) groups is 5. The molecule has 0 aromatic carbocycles. The van der Waals surface area contributed by atoms with Crippen LogP contribution in [0.1, 0.15) is 5.69 Å². The molecule has 17 heteroatoms. The lowest BCUT2D eigenvalue weighted by Gasteiger charge is -2.49. The van der Waals surface area contributed by atoms with Gasteiger partial charge in [0.2, 0.25) is 12.5 Å². The number of aliphatic carboxylic acids is 2. The van der Waals surface area contributed by atoms with E-state index in [0.29, 0.717) is 4.91 Å². The summed E-state index contributed by atoms with van der Waals surface area (Å²) in [4.78, 5) is 71.5. The number of carboxylic acid groups (broad SMARTS) is 2. The summed E-state index contributed by atoms with van der Waals surface area (Å²) in [5.74, 6) is -4.24. The maximum Gasteiger partial charge on any atom is 0.353 e. The molecule has 0 bridgehead atoms. The molecule has 5 N–H and O–H groups in total. The van der Waals surface area contributed by atoms with Crippen LogP contribution in [0.4, 0.5) is 5.13 Å². The van der Waals surface area contributed by atoms with Gasteiger partial charge >= 0.3 is 11.9 Å². The van der Waals surface area contributed by atoms with Gasteiger partial charge in [-0.2, -0.15) is 0 Å². The Balaban J connectivity index is 1.76. The summed E-state index contributed by atoms with van der Waals surface area (Å²) in [5.41, 5.74) is 4.99. The first-order valence-electron chi connectivity index (χ1n) is 9.90. The van der Waals surface area contributed by atoms with Crippen molar-refractivity contribution in [3.63, 3.8) is 0 Å². The molecule has 0 spiro atoms. The highest BCUT2D eigenvalue weighted by molar-refractivity contribution is 8.08. The minimum absolute atomic E-state index is 0.0178. The zero-order valence-electron chi connectivity index (χ0n) is 18.7. The van der Waals surface area contributed by atoms with Crippen LogP contribution in [-0.2, 0) is 28.8 Å². The number of thiazole rings is 1. The second-order valence-electron chi connectivity index (χ2n) is 7.27. The molecule has 3 rings (SSSR count). The van der Waals surface area contributed by atoms with Gasteiger partial charge in [0, 0.05) is 36.2 Å². The number of fused-ring (bicyclic) bond motifs is 1. The van der Waals surface area contributed by atoms with Crippen molar-refractivity contribution in [3.8, 4) is 0 Å². The summed E-state index contributed by atoms with van der Waals surface area (Å²) in [6, 6.07) is -1.07. The lowest BCUT2D eigenvalue weighted by Crippen LogP contribution is -2.71. The number of hydrogen-bond donors (Lipinski definition) is 4. The number of likely N-dealkylation sites (N-methyl/N-ethyl adjacent to an activating group) is 1. The summed E-state index contributed by atoms with van der Waals surface area (Å²) < 4.78 is 0. The summed E-state index contributed by atoms with van der Waals surface area (Å²) in [5, 5.41) is 26.8. The van der Waals surface area contributed by atoms with Crippen LogP contribution in [-0.4, -0.2) is 98.2 Å². The molecule has 14 nitrogen and oxygen atoms in total. The molecule has 1 saturated heterocycles. The number of oxime groups is 1. The Hall–Kier alpha value is -3.57.